The average Bonchev–Trinajstić information content (AvgIpc) is 2.27. The van der Waals surface area contributed by atoms with E-state index in [1.54, 1.807) is 0 Å². The summed E-state index contributed by atoms with van der Waals surface area (Å²) >= 11 is 10.4. The average molecular weight is 322 g/mol. The molecule has 1 heterocycles. The highest BCUT2D eigenvalue weighted by Gasteiger charge is 2.41. The van der Waals surface area contributed by atoms with Gasteiger partial charge in [0.05, 0.1) is 16.2 Å². The van der Waals surface area contributed by atoms with Gasteiger partial charge in [0, 0.05) is 10.6 Å². The summed E-state index contributed by atoms with van der Waals surface area (Å²) in [4.78, 5) is 23.3. The van der Waals surface area contributed by atoms with Crippen LogP contribution in [-0.2, 0) is 11.0 Å². The number of nitrogens with one attached hydrogen (secondary N) is 1. The van der Waals surface area contributed by atoms with Crippen molar-refractivity contribution < 1.29 is 22.8 Å². The molecule has 0 fully saturated rings. The SMILES string of the molecule is CC(=O)C1C(=O)c2cc(Cl)cc(C(F)(F)F)c2NC1=S. The monoisotopic (exact) mass is 321 g/mol. The first-order chi connectivity index (χ1) is 9.12. The van der Waals surface area contributed by atoms with Crippen LogP contribution in [0.4, 0.5) is 18.9 Å². The van der Waals surface area contributed by atoms with E-state index in [1.807, 2.05) is 0 Å². The maximum atomic E-state index is 12.9. The van der Waals surface area contributed by atoms with Gasteiger partial charge in [0.25, 0.3) is 0 Å². The first-order valence-corrected chi connectivity index (χ1v) is 6.18. The van der Waals surface area contributed by atoms with Gasteiger partial charge in [0.2, 0.25) is 0 Å². The van der Waals surface area contributed by atoms with Crippen molar-refractivity contribution in [1.82, 2.24) is 0 Å². The fourth-order valence-corrected chi connectivity index (χ4v) is 2.59. The van der Waals surface area contributed by atoms with Crippen LogP contribution in [-0.4, -0.2) is 16.6 Å². The Morgan fingerprint density at radius 2 is 2.00 bits per heavy atom. The van der Waals surface area contributed by atoms with Crippen LogP contribution in [0.5, 0.6) is 0 Å². The molecule has 0 spiro atoms. The maximum Gasteiger partial charge on any atom is 0.418 e. The van der Waals surface area contributed by atoms with Crippen molar-refractivity contribution in [2.24, 2.45) is 5.92 Å². The van der Waals surface area contributed by atoms with Gasteiger partial charge in [-0.25, -0.2) is 0 Å². The molecule has 1 aliphatic rings. The highest BCUT2D eigenvalue weighted by Crippen LogP contribution is 2.41. The Morgan fingerprint density at radius 1 is 1.40 bits per heavy atom. The molecule has 2 rings (SSSR count). The zero-order valence-corrected chi connectivity index (χ0v) is 11.5. The molecule has 0 saturated carbocycles. The number of carbonyl (C=O) groups excluding carboxylic acids is 2. The largest absolute Gasteiger partial charge is 0.418 e. The van der Waals surface area contributed by atoms with Crippen LogP contribution in [0.25, 0.3) is 0 Å². The second-order valence-corrected chi connectivity index (χ2v) is 5.15. The number of rotatable bonds is 1. The number of anilines is 1. The highest BCUT2D eigenvalue weighted by atomic mass is 35.5. The summed E-state index contributed by atoms with van der Waals surface area (Å²) in [6, 6.07) is 1.80. The minimum absolute atomic E-state index is 0.233. The summed E-state index contributed by atoms with van der Waals surface area (Å²) in [6.07, 6.45) is -4.69. The summed E-state index contributed by atoms with van der Waals surface area (Å²) in [5.41, 5.74) is -1.81. The highest BCUT2D eigenvalue weighted by molar-refractivity contribution is 7.80. The number of alkyl halides is 3. The number of hydrogen-bond acceptors (Lipinski definition) is 3. The predicted molar refractivity (Wildman–Crippen MR) is 71.2 cm³/mol. The third-order valence-electron chi connectivity index (χ3n) is 2.85. The van der Waals surface area contributed by atoms with Gasteiger partial charge in [-0.05, 0) is 19.1 Å². The fourth-order valence-electron chi connectivity index (χ4n) is 2.00. The van der Waals surface area contributed by atoms with E-state index in [2.05, 4.69) is 5.32 Å². The van der Waals surface area contributed by atoms with Gasteiger partial charge in [-0.1, -0.05) is 23.8 Å². The number of benzene rings is 1. The van der Waals surface area contributed by atoms with Crippen LogP contribution in [0.2, 0.25) is 5.02 Å². The number of Topliss-reactive ketones (excluding diaryl/α,β-unsaturated/α-hetero) is 2. The Morgan fingerprint density at radius 3 is 2.50 bits per heavy atom. The Bertz CT molecular complexity index is 642. The predicted octanol–water partition coefficient (Wildman–Crippen LogP) is 3.50. The molecule has 1 aromatic carbocycles. The molecule has 3 nitrogen and oxygen atoms in total. The van der Waals surface area contributed by atoms with Crippen molar-refractivity contribution in [1.29, 1.82) is 0 Å². The maximum absolute atomic E-state index is 12.9. The molecule has 1 N–H and O–H groups in total. The molecule has 1 unspecified atom stereocenters. The van der Waals surface area contributed by atoms with E-state index in [0.29, 0.717) is 6.07 Å². The summed E-state index contributed by atoms with van der Waals surface area (Å²) in [7, 11) is 0. The van der Waals surface area contributed by atoms with Gasteiger partial charge in [-0.15, -0.1) is 0 Å². The first kappa shape index (κ1) is 14.9. The molecule has 8 heteroatoms. The van der Waals surface area contributed by atoms with E-state index in [0.717, 1.165) is 13.0 Å². The Labute approximate surface area is 122 Å². The molecule has 0 radical (unpaired) electrons. The quantitative estimate of drug-likeness (QED) is 0.635. The first-order valence-electron chi connectivity index (χ1n) is 5.39. The summed E-state index contributed by atoms with van der Waals surface area (Å²) in [5, 5.41) is 2.10. The van der Waals surface area contributed by atoms with Crippen LogP contribution >= 0.6 is 23.8 Å². The minimum atomic E-state index is -4.69. The summed E-state index contributed by atoms with van der Waals surface area (Å²) in [5.74, 6) is -2.58. The van der Waals surface area contributed by atoms with E-state index in [4.69, 9.17) is 23.8 Å². The van der Waals surface area contributed by atoms with Gasteiger partial charge >= 0.3 is 6.18 Å². The Hall–Kier alpha value is -1.47. The van der Waals surface area contributed by atoms with Crippen LogP contribution in [0.3, 0.4) is 0 Å². The lowest BCUT2D eigenvalue weighted by Gasteiger charge is -2.27. The second kappa shape index (κ2) is 4.82. The van der Waals surface area contributed by atoms with E-state index in [1.165, 1.54) is 0 Å². The molecule has 0 saturated heterocycles. The molecule has 106 valence electrons. The standard InChI is InChI=1S/C12H7ClF3NO2S/c1-4(18)8-10(19)6-2-5(13)3-7(12(14,15)16)9(6)17-11(8)20/h2-3,8H,1H3,(H,17,20). The van der Waals surface area contributed by atoms with Gasteiger partial charge in [-0.2, -0.15) is 13.2 Å². The lowest BCUT2D eigenvalue weighted by molar-refractivity contribution is -0.136. The van der Waals surface area contributed by atoms with Crippen LogP contribution in [0.1, 0.15) is 22.8 Å². The van der Waals surface area contributed by atoms with E-state index >= 15 is 0 Å². The third kappa shape index (κ3) is 2.43. The van der Waals surface area contributed by atoms with Crippen LogP contribution < -0.4 is 5.32 Å². The van der Waals surface area contributed by atoms with Crippen molar-refractivity contribution in [3.05, 3.63) is 28.3 Å². The molecule has 1 aliphatic heterocycles. The number of hydrogen-bond donors (Lipinski definition) is 1. The smallest absolute Gasteiger partial charge is 0.348 e. The summed E-state index contributed by atoms with van der Waals surface area (Å²) in [6.45, 7) is 1.15. The van der Waals surface area contributed by atoms with Gasteiger partial charge in [0.1, 0.15) is 11.7 Å². The summed E-state index contributed by atoms with van der Waals surface area (Å²) < 4.78 is 38.8. The van der Waals surface area contributed by atoms with Crippen molar-refractivity contribution >= 4 is 46.1 Å². The molecular formula is C12H7ClF3NO2S. The van der Waals surface area contributed by atoms with E-state index in [-0.39, 0.29) is 15.6 Å². The molecule has 0 bridgehead atoms. The Kier molecular flexibility index (Phi) is 3.60. The topological polar surface area (TPSA) is 46.2 Å². The number of halogens is 4. The molecule has 1 aromatic rings. The normalized spacial score (nSPS) is 18.6. The van der Waals surface area contributed by atoms with Crippen LogP contribution in [0.15, 0.2) is 12.1 Å². The number of fused-ring (bicyclic) bond motifs is 1. The molecule has 1 atom stereocenters. The molecule has 0 aliphatic carbocycles. The number of ketones is 2. The van der Waals surface area contributed by atoms with E-state index in [9.17, 15) is 22.8 Å². The van der Waals surface area contributed by atoms with E-state index < -0.39 is 34.9 Å². The number of carbonyl (C=O) groups is 2. The molecule has 0 aromatic heterocycles. The van der Waals surface area contributed by atoms with Gasteiger partial charge in [-0.3, -0.25) is 9.59 Å². The lowest BCUT2D eigenvalue weighted by atomic mass is 9.88. The van der Waals surface area contributed by atoms with Crippen molar-refractivity contribution in [2.75, 3.05) is 5.32 Å². The van der Waals surface area contributed by atoms with Crippen molar-refractivity contribution in [3.63, 3.8) is 0 Å². The van der Waals surface area contributed by atoms with Gasteiger partial charge < -0.3 is 5.32 Å². The fraction of sp³-hybridized carbons (Fsp3) is 0.250. The Balaban J connectivity index is 2.70. The molecular weight excluding hydrogens is 315 g/mol. The second-order valence-electron chi connectivity index (χ2n) is 4.27. The molecule has 20 heavy (non-hydrogen) atoms. The zero-order valence-electron chi connectivity index (χ0n) is 9.97. The van der Waals surface area contributed by atoms with Crippen molar-refractivity contribution in [3.8, 4) is 0 Å². The van der Waals surface area contributed by atoms with Crippen molar-refractivity contribution in [2.45, 2.75) is 13.1 Å². The van der Waals surface area contributed by atoms with Gasteiger partial charge in [0.15, 0.2) is 5.78 Å². The zero-order chi connectivity index (χ0) is 15.2. The number of thiocarbonyl (C=S) groups is 1. The third-order valence-corrected chi connectivity index (χ3v) is 3.41. The minimum Gasteiger partial charge on any atom is -0.348 e. The molecule has 0 amide bonds. The van der Waals surface area contributed by atoms with Crippen LogP contribution in [0, 0.1) is 5.92 Å². The lowest BCUT2D eigenvalue weighted by Crippen LogP contribution is -2.39.